The van der Waals surface area contributed by atoms with Crippen molar-refractivity contribution in [1.82, 2.24) is 14.5 Å². The summed E-state index contributed by atoms with van der Waals surface area (Å²) in [5, 5.41) is 0.829. The molecule has 0 N–H and O–H groups in total. The van der Waals surface area contributed by atoms with Gasteiger partial charge in [-0.1, -0.05) is 12.1 Å². The van der Waals surface area contributed by atoms with Gasteiger partial charge in [0.15, 0.2) is 0 Å². The molecule has 4 rings (SSSR count). The monoisotopic (exact) mass is 441 g/mol. The van der Waals surface area contributed by atoms with Gasteiger partial charge in [0.1, 0.15) is 11.6 Å². The summed E-state index contributed by atoms with van der Waals surface area (Å²) in [6.07, 6.45) is 2.76. The molecule has 31 heavy (non-hydrogen) atoms. The van der Waals surface area contributed by atoms with Crippen LogP contribution in [-0.4, -0.2) is 40.3 Å². The van der Waals surface area contributed by atoms with Crippen LogP contribution in [-0.2, 0) is 12.8 Å². The van der Waals surface area contributed by atoms with Gasteiger partial charge in [-0.25, -0.2) is 8.78 Å². The Morgan fingerprint density at radius 3 is 2.65 bits per heavy atom. The quantitative estimate of drug-likeness (QED) is 0.550. The maximum Gasteiger partial charge on any atom is 0.251 e. The van der Waals surface area contributed by atoms with Gasteiger partial charge in [0, 0.05) is 55.2 Å². The van der Waals surface area contributed by atoms with Crippen molar-refractivity contribution in [3.63, 3.8) is 0 Å². The molecule has 4 nitrogen and oxygen atoms in total. The Hall–Kier alpha value is -2.51. The molecule has 0 aliphatic carbocycles. The molecule has 1 aliphatic heterocycles. The zero-order chi connectivity index (χ0) is 22.0. The van der Waals surface area contributed by atoms with Gasteiger partial charge in [0.2, 0.25) is 0 Å². The van der Waals surface area contributed by atoms with Crippen LogP contribution in [0, 0.1) is 18.6 Å². The Morgan fingerprint density at radius 1 is 1.16 bits per heavy atom. The second kappa shape index (κ2) is 9.32. The molecule has 3 aromatic rings. The molecular formula is C24H25F2N3OS. The first kappa shape index (κ1) is 21.7. The Labute approximate surface area is 184 Å². The van der Waals surface area contributed by atoms with Crippen LogP contribution in [0.2, 0.25) is 0 Å². The minimum atomic E-state index is -0.557. The Kier molecular flexibility index (Phi) is 6.53. The summed E-state index contributed by atoms with van der Waals surface area (Å²) in [5.74, 6) is -0.351. The lowest BCUT2D eigenvalue weighted by molar-refractivity contribution is 0.285. The fourth-order valence-corrected chi connectivity index (χ4v) is 5.43. The molecule has 0 spiro atoms. The number of thioether (sulfide) groups is 1. The molecule has 1 unspecified atom stereocenters. The van der Waals surface area contributed by atoms with E-state index in [4.69, 9.17) is 0 Å². The van der Waals surface area contributed by atoms with Crippen LogP contribution in [0.5, 0.6) is 0 Å². The van der Waals surface area contributed by atoms with E-state index in [0.717, 1.165) is 47.1 Å². The van der Waals surface area contributed by atoms with Crippen LogP contribution in [0.25, 0.3) is 0 Å². The van der Waals surface area contributed by atoms with Crippen molar-refractivity contribution in [2.45, 2.75) is 30.8 Å². The molecule has 0 amide bonds. The first-order chi connectivity index (χ1) is 14.9. The molecule has 0 radical (unpaired) electrons. The third-order valence-electron chi connectivity index (χ3n) is 5.72. The number of fused-ring (bicyclic) bond motifs is 1. The van der Waals surface area contributed by atoms with Crippen molar-refractivity contribution in [3.05, 3.63) is 93.0 Å². The Morgan fingerprint density at radius 2 is 1.94 bits per heavy atom. The molecule has 3 heterocycles. The lowest BCUT2D eigenvalue weighted by atomic mass is 10.0. The van der Waals surface area contributed by atoms with E-state index in [1.54, 1.807) is 24.0 Å². The van der Waals surface area contributed by atoms with E-state index < -0.39 is 11.6 Å². The zero-order valence-corrected chi connectivity index (χ0v) is 18.5. The van der Waals surface area contributed by atoms with Gasteiger partial charge < -0.3 is 4.90 Å². The highest BCUT2D eigenvalue weighted by atomic mass is 32.2. The predicted octanol–water partition coefficient (Wildman–Crippen LogP) is 4.24. The van der Waals surface area contributed by atoms with Crippen molar-refractivity contribution in [2.75, 3.05) is 25.9 Å². The van der Waals surface area contributed by atoms with E-state index >= 15 is 0 Å². The number of aromatic nitrogens is 2. The predicted molar refractivity (Wildman–Crippen MR) is 120 cm³/mol. The topological polar surface area (TPSA) is 38.1 Å². The minimum absolute atomic E-state index is 0.0195. The standard InChI is InChI=1S/C24H25F2N3OS/c1-16-12-23(30)29-18(14-28(2)11-9-17-6-3-4-10-27-17)15-31-24(29)19(16)13-20-21(25)7-5-8-22(20)26/h3-8,10,12,18H,9,11,13-15H2,1-2H3. The highest BCUT2D eigenvalue weighted by molar-refractivity contribution is 7.99. The van der Waals surface area contributed by atoms with Gasteiger partial charge >= 0.3 is 0 Å². The molecule has 0 fully saturated rings. The lowest BCUT2D eigenvalue weighted by Gasteiger charge is -2.23. The molecule has 162 valence electrons. The van der Waals surface area contributed by atoms with Crippen molar-refractivity contribution in [3.8, 4) is 0 Å². The molecule has 1 aliphatic rings. The van der Waals surface area contributed by atoms with Crippen LogP contribution in [0.4, 0.5) is 8.78 Å². The van der Waals surface area contributed by atoms with Gasteiger partial charge in [0.05, 0.1) is 11.1 Å². The van der Waals surface area contributed by atoms with Crippen LogP contribution in [0.15, 0.2) is 58.5 Å². The normalized spacial score (nSPS) is 15.5. The van der Waals surface area contributed by atoms with E-state index in [1.165, 1.54) is 18.2 Å². The van der Waals surface area contributed by atoms with Crippen LogP contribution >= 0.6 is 11.8 Å². The number of halogens is 2. The maximum atomic E-state index is 14.2. The van der Waals surface area contributed by atoms with E-state index in [9.17, 15) is 13.6 Å². The largest absolute Gasteiger partial charge is 0.304 e. The van der Waals surface area contributed by atoms with Crippen LogP contribution in [0.3, 0.4) is 0 Å². The average Bonchev–Trinajstić information content (AvgIpc) is 3.16. The number of hydrogen-bond acceptors (Lipinski definition) is 4. The van der Waals surface area contributed by atoms with Crippen molar-refractivity contribution in [2.24, 2.45) is 0 Å². The summed E-state index contributed by atoms with van der Waals surface area (Å²) in [6, 6.07) is 11.4. The van der Waals surface area contributed by atoms with E-state index in [2.05, 4.69) is 9.88 Å². The van der Waals surface area contributed by atoms with Gasteiger partial charge in [-0.3, -0.25) is 14.3 Å². The Balaban J connectivity index is 1.55. The Bertz CT molecular complexity index is 1110. The van der Waals surface area contributed by atoms with Gasteiger partial charge in [-0.2, -0.15) is 0 Å². The summed E-state index contributed by atoms with van der Waals surface area (Å²) < 4.78 is 30.3. The third kappa shape index (κ3) is 4.72. The van der Waals surface area contributed by atoms with Crippen LogP contribution < -0.4 is 5.56 Å². The molecule has 1 atom stereocenters. The highest BCUT2D eigenvalue weighted by Crippen LogP contribution is 2.37. The number of benzene rings is 1. The number of rotatable bonds is 7. The van der Waals surface area contributed by atoms with Crippen molar-refractivity contribution >= 4 is 11.8 Å². The first-order valence-electron chi connectivity index (χ1n) is 10.3. The average molecular weight is 442 g/mol. The van der Waals surface area contributed by atoms with E-state index in [-0.39, 0.29) is 23.6 Å². The van der Waals surface area contributed by atoms with Crippen molar-refractivity contribution in [1.29, 1.82) is 0 Å². The molecule has 0 saturated carbocycles. The summed E-state index contributed by atoms with van der Waals surface area (Å²) in [5.41, 5.74) is 2.63. The molecule has 0 saturated heterocycles. The van der Waals surface area contributed by atoms with E-state index in [0.29, 0.717) is 0 Å². The fourth-order valence-electron chi connectivity index (χ4n) is 4.04. The molecular weight excluding hydrogens is 416 g/mol. The SMILES string of the molecule is Cc1cc(=O)n2c(c1Cc1c(F)cccc1F)SCC2CN(C)CCc1ccccn1. The first-order valence-corrected chi connectivity index (χ1v) is 11.3. The van der Waals surface area contributed by atoms with E-state index in [1.807, 2.05) is 36.7 Å². The molecule has 2 aromatic heterocycles. The zero-order valence-electron chi connectivity index (χ0n) is 17.6. The second-order valence-electron chi connectivity index (χ2n) is 7.99. The minimum Gasteiger partial charge on any atom is -0.304 e. The summed E-state index contributed by atoms with van der Waals surface area (Å²) in [7, 11) is 2.04. The second-order valence-corrected chi connectivity index (χ2v) is 9.00. The summed E-state index contributed by atoms with van der Waals surface area (Å²) >= 11 is 1.60. The van der Waals surface area contributed by atoms with Crippen LogP contribution in [0.1, 0.15) is 28.4 Å². The van der Waals surface area contributed by atoms with Gasteiger partial charge in [-0.05, 0) is 49.4 Å². The highest BCUT2D eigenvalue weighted by Gasteiger charge is 2.29. The number of likely N-dealkylation sites (N-methyl/N-ethyl adjacent to an activating group) is 1. The molecule has 7 heteroatoms. The van der Waals surface area contributed by atoms with Gasteiger partial charge in [0.25, 0.3) is 5.56 Å². The number of nitrogens with zero attached hydrogens (tertiary/aromatic N) is 3. The fraction of sp³-hybridized carbons (Fsp3) is 0.333. The molecule has 1 aromatic carbocycles. The number of hydrogen-bond donors (Lipinski definition) is 0. The lowest BCUT2D eigenvalue weighted by Crippen LogP contribution is -2.34. The van der Waals surface area contributed by atoms with Gasteiger partial charge in [-0.15, -0.1) is 11.8 Å². The maximum absolute atomic E-state index is 14.2. The summed E-state index contributed by atoms with van der Waals surface area (Å²) in [6.45, 7) is 3.40. The smallest absolute Gasteiger partial charge is 0.251 e. The molecule has 0 bridgehead atoms. The number of aryl methyl sites for hydroxylation is 1. The third-order valence-corrected chi connectivity index (χ3v) is 6.99. The summed E-state index contributed by atoms with van der Waals surface area (Å²) in [4.78, 5) is 19.4. The number of pyridine rings is 2. The van der Waals surface area contributed by atoms with Crippen molar-refractivity contribution < 1.29 is 8.78 Å².